The lowest BCUT2D eigenvalue weighted by Crippen LogP contribution is -2.16. The van der Waals surface area contributed by atoms with Crippen LogP contribution in [0.2, 0.25) is 0 Å². The standard InChI is InChI=1S/C13H7F4IO/c14-12-6-3-9(18)7-11(12)8-1-4-10(5-2-8)19-13(15,16)17/h1-7H. The van der Waals surface area contributed by atoms with E-state index in [-0.39, 0.29) is 5.75 Å². The summed E-state index contributed by atoms with van der Waals surface area (Å²) in [7, 11) is 0. The SMILES string of the molecule is Fc1ccc(I)cc1-c1ccc(OC(F)(F)F)cc1. The zero-order valence-electron chi connectivity index (χ0n) is 9.34. The Labute approximate surface area is 120 Å². The molecule has 0 bridgehead atoms. The van der Waals surface area contributed by atoms with Gasteiger partial charge in [0.05, 0.1) is 0 Å². The number of hydrogen-bond donors (Lipinski definition) is 0. The molecule has 0 fully saturated rings. The Balaban J connectivity index is 2.30. The molecule has 0 heterocycles. The first kappa shape index (κ1) is 14.1. The maximum absolute atomic E-state index is 13.6. The zero-order chi connectivity index (χ0) is 14.0. The first-order chi connectivity index (χ1) is 8.85. The molecule has 0 amide bonds. The van der Waals surface area contributed by atoms with E-state index in [1.54, 1.807) is 12.1 Å². The molecule has 0 N–H and O–H groups in total. The summed E-state index contributed by atoms with van der Waals surface area (Å²) >= 11 is 2.03. The zero-order valence-corrected chi connectivity index (χ0v) is 11.5. The molecular formula is C13H7F4IO. The van der Waals surface area contributed by atoms with Crippen molar-refractivity contribution in [3.8, 4) is 16.9 Å². The molecule has 0 saturated heterocycles. The second-order valence-corrected chi connectivity index (χ2v) is 4.94. The topological polar surface area (TPSA) is 9.23 Å². The molecule has 1 nitrogen and oxygen atoms in total. The van der Waals surface area contributed by atoms with Crippen LogP contribution in [-0.2, 0) is 0 Å². The molecule has 2 aromatic rings. The molecule has 2 aromatic carbocycles. The summed E-state index contributed by atoms with van der Waals surface area (Å²) in [5.41, 5.74) is 0.830. The average Bonchev–Trinajstić information content (AvgIpc) is 2.31. The van der Waals surface area contributed by atoms with Gasteiger partial charge in [0.25, 0.3) is 0 Å². The van der Waals surface area contributed by atoms with Crippen LogP contribution in [0, 0.1) is 9.39 Å². The minimum Gasteiger partial charge on any atom is -0.406 e. The van der Waals surface area contributed by atoms with E-state index in [4.69, 9.17) is 0 Å². The number of halogens is 5. The summed E-state index contributed by atoms with van der Waals surface area (Å²) in [6.07, 6.45) is -4.73. The van der Waals surface area contributed by atoms with Crippen molar-refractivity contribution in [2.24, 2.45) is 0 Å². The van der Waals surface area contributed by atoms with Gasteiger partial charge in [0, 0.05) is 9.13 Å². The minimum absolute atomic E-state index is 0.331. The van der Waals surface area contributed by atoms with Crippen LogP contribution in [0.4, 0.5) is 17.6 Å². The maximum Gasteiger partial charge on any atom is 0.573 e. The molecule has 100 valence electrons. The van der Waals surface area contributed by atoms with Gasteiger partial charge in [-0.15, -0.1) is 13.2 Å². The lowest BCUT2D eigenvalue weighted by atomic mass is 10.1. The molecule has 2 rings (SSSR count). The first-order valence-corrected chi connectivity index (χ1v) is 6.24. The van der Waals surface area contributed by atoms with E-state index in [0.717, 1.165) is 15.7 Å². The van der Waals surface area contributed by atoms with Crippen molar-refractivity contribution >= 4 is 22.6 Å². The summed E-state index contributed by atoms with van der Waals surface area (Å²) in [5, 5.41) is 0. The van der Waals surface area contributed by atoms with E-state index in [2.05, 4.69) is 4.74 Å². The largest absolute Gasteiger partial charge is 0.573 e. The maximum atomic E-state index is 13.6. The average molecular weight is 382 g/mol. The fourth-order valence-electron chi connectivity index (χ4n) is 1.55. The Bertz CT molecular complexity index is 578. The van der Waals surface area contributed by atoms with Crippen LogP contribution in [0.25, 0.3) is 11.1 Å². The van der Waals surface area contributed by atoms with E-state index in [1.165, 1.54) is 18.2 Å². The van der Waals surface area contributed by atoms with Crippen molar-refractivity contribution in [3.05, 3.63) is 51.9 Å². The van der Waals surface area contributed by atoms with Crippen molar-refractivity contribution in [1.29, 1.82) is 0 Å². The second-order valence-electron chi connectivity index (χ2n) is 3.70. The summed E-state index contributed by atoms with van der Waals surface area (Å²) in [4.78, 5) is 0. The van der Waals surface area contributed by atoms with Crippen molar-refractivity contribution in [2.75, 3.05) is 0 Å². The summed E-state index contributed by atoms with van der Waals surface area (Å²) in [6.45, 7) is 0. The van der Waals surface area contributed by atoms with Gasteiger partial charge in [-0.05, 0) is 58.5 Å². The summed E-state index contributed by atoms with van der Waals surface area (Å²) in [5.74, 6) is -0.757. The number of alkyl halides is 3. The third-order valence-corrected chi connectivity index (χ3v) is 3.00. The van der Waals surface area contributed by atoms with Gasteiger partial charge in [0.2, 0.25) is 0 Å². The monoisotopic (exact) mass is 382 g/mol. The molecule has 0 aliphatic rings. The van der Waals surface area contributed by atoms with E-state index >= 15 is 0 Å². The summed E-state index contributed by atoms with van der Waals surface area (Å²) < 4.78 is 54.2. The number of benzene rings is 2. The highest BCUT2D eigenvalue weighted by Gasteiger charge is 2.30. The van der Waals surface area contributed by atoms with Crippen LogP contribution >= 0.6 is 22.6 Å². The van der Waals surface area contributed by atoms with Gasteiger partial charge in [-0.25, -0.2) is 4.39 Å². The van der Waals surface area contributed by atoms with Crippen molar-refractivity contribution in [3.63, 3.8) is 0 Å². The molecule has 0 spiro atoms. The third kappa shape index (κ3) is 3.82. The fourth-order valence-corrected chi connectivity index (χ4v) is 2.05. The van der Waals surface area contributed by atoms with Gasteiger partial charge >= 0.3 is 6.36 Å². The molecule has 0 unspecified atom stereocenters. The lowest BCUT2D eigenvalue weighted by Gasteiger charge is -2.09. The molecule has 6 heteroatoms. The number of ether oxygens (including phenoxy) is 1. The highest BCUT2D eigenvalue weighted by Crippen LogP contribution is 2.28. The molecule has 0 aromatic heterocycles. The number of rotatable bonds is 2. The minimum atomic E-state index is -4.73. The van der Waals surface area contributed by atoms with Gasteiger partial charge in [0.1, 0.15) is 11.6 Å². The molecule has 0 aliphatic carbocycles. The van der Waals surface area contributed by atoms with Crippen LogP contribution in [0.3, 0.4) is 0 Å². The summed E-state index contributed by atoms with van der Waals surface area (Å²) in [6, 6.07) is 9.63. The van der Waals surface area contributed by atoms with Crippen molar-refractivity contribution in [2.45, 2.75) is 6.36 Å². The Hall–Kier alpha value is -1.31. The van der Waals surface area contributed by atoms with Crippen molar-refractivity contribution < 1.29 is 22.3 Å². The molecule has 0 radical (unpaired) electrons. The Morgan fingerprint density at radius 3 is 2.16 bits per heavy atom. The van der Waals surface area contributed by atoms with Gasteiger partial charge < -0.3 is 4.74 Å². The normalized spacial score (nSPS) is 11.4. The molecule has 0 saturated carbocycles. The fraction of sp³-hybridized carbons (Fsp3) is 0.0769. The lowest BCUT2D eigenvalue weighted by molar-refractivity contribution is -0.274. The molecule has 19 heavy (non-hydrogen) atoms. The van der Waals surface area contributed by atoms with E-state index < -0.39 is 12.2 Å². The predicted octanol–water partition coefficient (Wildman–Crippen LogP) is 5.00. The van der Waals surface area contributed by atoms with Gasteiger partial charge in [-0.3, -0.25) is 0 Å². The third-order valence-electron chi connectivity index (χ3n) is 2.33. The van der Waals surface area contributed by atoms with E-state index in [1.807, 2.05) is 22.6 Å². The molecular weight excluding hydrogens is 375 g/mol. The first-order valence-electron chi connectivity index (χ1n) is 5.16. The quantitative estimate of drug-likeness (QED) is 0.525. The molecule has 0 aliphatic heterocycles. The highest BCUT2D eigenvalue weighted by atomic mass is 127. The Morgan fingerprint density at radius 1 is 0.947 bits per heavy atom. The smallest absolute Gasteiger partial charge is 0.406 e. The second kappa shape index (κ2) is 5.36. The van der Waals surface area contributed by atoms with Crippen molar-refractivity contribution in [1.82, 2.24) is 0 Å². The highest BCUT2D eigenvalue weighted by molar-refractivity contribution is 14.1. The van der Waals surface area contributed by atoms with Gasteiger partial charge in [-0.2, -0.15) is 0 Å². The number of hydrogen-bond acceptors (Lipinski definition) is 1. The predicted molar refractivity (Wildman–Crippen MR) is 71.2 cm³/mol. The van der Waals surface area contributed by atoms with Gasteiger partial charge in [0.15, 0.2) is 0 Å². The van der Waals surface area contributed by atoms with Crippen LogP contribution in [0.5, 0.6) is 5.75 Å². The van der Waals surface area contributed by atoms with E-state index in [0.29, 0.717) is 11.1 Å². The molecule has 0 atom stereocenters. The van der Waals surface area contributed by atoms with Crippen LogP contribution in [0.1, 0.15) is 0 Å². The van der Waals surface area contributed by atoms with Gasteiger partial charge in [-0.1, -0.05) is 12.1 Å². The van der Waals surface area contributed by atoms with E-state index in [9.17, 15) is 17.6 Å². The van der Waals surface area contributed by atoms with Crippen LogP contribution < -0.4 is 4.74 Å². The van der Waals surface area contributed by atoms with Crippen LogP contribution in [0.15, 0.2) is 42.5 Å². The van der Waals surface area contributed by atoms with Crippen LogP contribution in [-0.4, -0.2) is 6.36 Å². The Kier molecular flexibility index (Phi) is 3.98. The Morgan fingerprint density at radius 2 is 1.58 bits per heavy atom.